The molecule has 118 valence electrons. The van der Waals surface area contributed by atoms with E-state index in [1.54, 1.807) is 7.05 Å². The molecule has 1 fully saturated rings. The molecular weight excluding hydrogens is 286 g/mol. The van der Waals surface area contributed by atoms with Crippen LogP contribution in [-0.4, -0.2) is 44.0 Å². The number of carbonyl (C=O) groups excluding carboxylic acids is 1. The molecular formula is C16H26ClN3O. The Labute approximate surface area is 133 Å². The van der Waals surface area contributed by atoms with Crippen LogP contribution in [0, 0.1) is 5.92 Å². The minimum atomic E-state index is 0. The molecule has 0 atom stereocenters. The highest BCUT2D eigenvalue weighted by Crippen LogP contribution is 2.18. The Balaban J connectivity index is 0.00000220. The van der Waals surface area contributed by atoms with E-state index in [4.69, 9.17) is 0 Å². The molecule has 0 saturated carbocycles. The van der Waals surface area contributed by atoms with Gasteiger partial charge in [0.05, 0.1) is 6.54 Å². The number of hydrogen-bond acceptors (Lipinski definition) is 3. The monoisotopic (exact) mass is 311 g/mol. The Bertz CT molecular complexity index is 405. The smallest absolute Gasteiger partial charge is 0.233 e. The normalized spacial score (nSPS) is 16.2. The molecule has 1 aliphatic rings. The number of halogens is 1. The maximum Gasteiger partial charge on any atom is 0.233 e. The lowest BCUT2D eigenvalue weighted by atomic mass is 9.96. The Morgan fingerprint density at radius 2 is 1.90 bits per heavy atom. The lowest BCUT2D eigenvalue weighted by Crippen LogP contribution is -2.40. The van der Waals surface area contributed by atoms with E-state index in [1.807, 2.05) is 0 Å². The van der Waals surface area contributed by atoms with Gasteiger partial charge in [0.15, 0.2) is 0 Å². The summed E-state index contributed by atoms with van der Waals surface area (Å²) < 4.78 is 0. The van der Waals surface area contributed by atoms with E-state index in [1.165, 1.54) is 18.4 Å². The fourth-order valence-corrected chi connectivity index (χ4v) is 2.67. The Kier molecular flexibility index (Phi) is 8.35. The molecule has 1 aromatic carbocycles. The zero-order chi connectivity index (χ0) is 14.2. The second-order valence-corrected chi connectivity index (χ2v) is 5.54. The minimum absolute atomic E-state index is 0. The number of likely N-dealkylation sites (tertiary alicyclic amines) is 1. The number of piperidine rings is 1. The zero-order valence-corrected chi connectivity index (χ0v) is 13.5. The highest BCUT2D eigenvalue weighted by molar-refractivity contribution is 5.85. The van der Waals surface area contributed by atoms with Gasteiger partial charge in [0, 0.05) is 13.1 Å². The van der Waals surface area contributed by atoms with Crippen molar-refractivity contribution in [2.24, 2.45) is 5.92 Å². The molecule has 0 aliphatic carbocycles. The predicted octanol–water partition coefficient (Wildman–Crippen LogP) is 1.66. The summed E-state index contributed by atoms with van der Waals surface area (Å²) in [6.45, 7) is 4.52. The zero-order valence-electron chi connectivity index (χ0n) is 12.7. The largest absolute Gasteiger partial charge is 0.355 e. The van der Waals surface area contributed by atoms with Gasteiger partial charge in [-0.15, -0.1) is 12.4 Å². The molecule has 0 unspecified atom stereocenters. The molecule has 1 amide bonds. The van der Waals surface area contributed by atoms with E-state index >= 15 is 0 Å². The van der Waals surface area contributed by atoms with Gasteiger partial charge in [0.2, 0.25) is 5.91 Å². The Hall–Kier alpha value is -1.10. The molecule has 0 bridgehead atoms. The molecule has 0 spiro atoms. The molecule has 5 heteroatoms. The summed E-state index contributed by atoms with van der Waals surface area (Å²) in [6, 6.07) is 10.6. The van der Waals surface area contributed by atoms with Crippen molar-refractivity contribution in [3.63, 3.8) is 0 Å². The first-order chi connectivity index (χ1) is 9.78. The van der Waals surface area contributed by atoms with E-state index in [9.17, 15) is 4.79 Å². The summed E-state index contributed by atoms with van der Waals surface area (Å²) in [4.78, 5) is 13.9. The number of rotatable bonds is 6. The van der Waals surface area contributed by atoms with E-state index in [0.717, 1.165) is 26.2 Å². The number of nitrogens with zero attached hydrogens (tertiary/aromatic N) is 1. The summed E-state index contributed by atoms with van der Waals surface area (Å²) in [5.74, 6) is 0.724. The van der Waals surface area contributed by atoms with Gasteiger partial charge in [0.1, 0.15) is 0 Å². The average molecular weight is 312 g/mol. The van der Waals surface area contributed by atoms with Gasteiger partial charge in [-0.2, -0.15) is 0 Å². The van der Waals surface area contributed by atoms with Gasteiger partial charge in [-0.05, 0) is 44.5 Å². The lowest BCUT2D eigenvalue weighted by Gasteiger charge is -2.32. The van der Waals surface area contributed by atoms with Crippen LogP contribution < -0.4 is 10.6 Å². The second-order valence-electron chi connectivity index (χ2n) is 5.54. The highest BCUT2D eigenvalue weighted by atomic mass is 35.5. The molecule has 21 heavy (non-hydrogen) atoms. The minimum Gasteiger partial charge on any atom is -0.355 e. The first kappa shape index (κ1) is 18.0. The van der Waals surface area contributed by atoms with Gasteiger partial charge >= 0.3 is 0 Å². The standard InChI is InChI=1S/C16H25N3O.ClH/c1-17-12-16(20)18-11-14-7-9-19(10-8-14)13-15-5-3-2-4-6-15;/h2-6,14,17H,7-13H2,1H3,(H,18,20);1H. The number of nitrogens with one attached hydrogen (secondary N) is 2. The van der Waals surface area contributed by atoms with E-state index in [2.05, 4.69) is 45.9 Å². The third kappa shape index (κ3) is 6.46. The van der Waals surface area contributed by atoms with E-state index in [-0.39, 0.29) is 18.3 Å². The molecule has 0 radical (unpaired) electrons. The van der Waals surface area contributed by atoms with Crippen LogP contribution in [0.25, 0.3) is 0 Å². The van der Waals surface area contributed by atoms with Crippen molar-refractivity contribution in [1.29, 1.82) is 0 Å². The molecule has 1 saturated heterocycles. The summed E-state index contributed by atoms with van der Waals surface area (Å²) in [6.07, 6.45) is 2.35. The van der Waals surface area contributed by atoms with Crippen LogP contribution in [0.5, 0.6) is 0 Å². The quantitative estimate of drug-likeness (QED) is 0.840. The van der Waals surface area contributed by atoms with Crippen LogP contribution in [0.4, 0.5) is 0 Å². The van der Waals surface area contributed by atoms with Crippen molar-refractivity contribution in [2.75, 3.05) is 33.2 Å². The fourth-order valence-electron chi connectivity index (χ4n) is 2.67. The molecule has 4 nitrogen and oxygen atoms in total. The van der Waals surface area contributed by atoms with Crippen molar-refractivity contribution >= 4 is 18.3 Å². The van der Waals surface area contributed by atoms with Crippen LogP contribution in [0.2, 0.25) is 0 Å². The van der Waals surface area contributed by atoms with Crippen molar-refractivity contribution in [2.45, 2.75) is 19.4 Å². The third-order valence-corrected chi connectivity index (χ3v) is 3.88. The fraction of sp³-hybridized carbons (Fsp3) is 0.562. The van der Waals surface area contributed by atoms with Crippen LogP contribution in [0.3, 0.4) is 0 Å². The van der Waals surface area contributed by atoms with Crippen molar-refractivity contribution in [1.82, 2.24) is 15.5 Å². The SMILES string of the molecule is CNCC(=O)NCC1CCN(Cc2ccccc2)CC1.Cl. The number of amides is 1. The third-order valence-electron chi connectivity index (χ3n) is 3.88. The number of benzene rings is 1. The predicted molar refractivity (Wildman–Crippen MR) is 88.6 cm³/mol. The van der Waals surface area contributed by atoms with Gasteiger partial charge in [-0.3, -0.25) is 9.69 Å². The van der Waals surface area contributed by atoms with Gasteiger partial charge < -0.3 is 10.6 Å². The Morgan fingerprint density at radius 1 is 1.24 bits per heavy atom. The first-order valence-electron chi connectivity index (χ1n) is 7.45. The van der Waals surface area contributed by atoms with Crippen molar-refractivity contribution in [3.05, 3.63) is 35.9 Å². The van der Waals surface area contributed by atoms with Crippen LogP contribution in [0.15, 0.2) is 30.3 Å². The van der Waals surface area contributed by atoms with Crippen molar-refractivity contribution < 1.29 is 4.79 Å². The molecule has 1 heterocycles. The van der Waals surface area contributed by atoms with Gasteiger partial charge in [-0.1, -0.05) is 30.3 Å². The molecule has 2 rings (SSSR count). The second kappa shape index (κ2) is 9.77. The lowest BCUT2D eigenvalue weighted by molar-refractivity contribution is -0.120. The van der Waals surface area contributed by atoms with E-state index < -0.39 is 0 Å². The topological polar surface area (TPSA) is 44.4 Å². The summed E-state index contributed by atoms with van der Waals surface area (Å²) in [5.41, 5.74) is 1.38. The van der Waals surface area contributed by atoms with Gasteiger partial charge in [-0.25, -0.2) is 0 Å². The average Bonchev–Trinajstić information content (AvgIpc) is 2.48. The summed E-state index contributed by atoms with van der Waals surface area (Å²) in [5, 5.41) is 5.87. The first-order valence-corrected chi connectivity index (χ1v) is 7.45. The number of hydrogen-bond donors (Lipinski definition) is 2. The molecule has 1 aliphatic heterocycles. The van der Waals surface area contributed by atoms with Crippen LogP contribution in [0.1, 0.15) is 18.4 Å². The van der Waals surface area contributed by atoms with Crippen molar-refractivity contribution in [3.8, 4) is 0 Å². The highest BCUT2D eigenvalue weighted by Gasteiger charge is 2.19. The van der Waals surface area contributed by atoms with E-state index in [0.29, 0.717) is 12.5 Å². The van der Waals surface area contributed by atoms with Crippen LogP contribution in [-0.2, 0) is 11.3 Å². The number of likely N-dealkylation sites (N-methyl/N-ethyl adjacent to an activating group) is 1. The maximum absolute atomic E-state index is 11.4. The Morgan fingerprint density at radius 3 is 2.52 bits per heavy atom. The number of carbonyl (C=O) groups is 1. The maximum atomic E-state index is 11.4. The molecule has 2 N–H and O–H groups in total. The molecule has 1 aromatic rings. The van der Waals surface area contributed by atoms with Crippen LogP contribution >= 0.6 is 12.4 Å². The summed E-state index contributed by atoms with van der Waals surface area (Å²) >= 11 is 0. The molecule has 0 aromatic heterocycles. The van der Waals surface area contributed by atoms with Gasteiger partial charge in [0.25, 0.3) is 0 Å². The summed E-state index contributed by atoms with van der Waals surface area (Å²) in [7, 11) is 1.79.